The molecule has 0 unspecified atom stereocenters. The number of rotatable bonds is 5. The highest BCUT2D eigenvalue weighted by Gasteiger charge is 2.42. The number of aliphatic carboxylic acids is 1. The number of carboxylic acid groups (broad SMARTS) is 1. The Hall–Kier alpha value is -1.36. The van der Waals surface area contributed by atoms with Gasteiger partial charge in [-0.05, 0) is 35.2 Å². The van der Waals surface area contributed by atoms with Gasteiger partial charge in [0.1, 0.15) is 0 Å². The first-order chi connectivity index (χ1) is 8.62. The molecule has 0 atom stereocenters. The Morgan fingerprint density at radius 3 is 2.67 bits per heavy atom. The lowest BCUT2D eigenvalue weighted by molar-refractivity contribution is -0.151. The Bertz CT molecular complexity index is 421. The normalized spacial score (nSPS) is 17.6. The van der Waals surface area contributed by atoms with Crippen molar-refractivity contribution >= 4 is 23.2 Å². The van der Waals surface area contributed by atoms with Crippen molar-refractivity contribution in [2.45, 2.75) is 38.6 Å². The van der Waals surface area contributed by atoms with Gasteiger partial charge in [0, 0.05) is 13.0 Å². The molecule has 0 bridgehead atoms. The van der Waals surface area contributed by atoms with Gasteiger partial charge in [-0.1, -0.05) is 12.8 Å². The van der Waals surface area contributed by atoms with Crippen LogP contribution in [0.4, 0.5) is 0 Å². The number of carbonyl (C=O) groups is 2. The van der Waals surface area contributed by atoms with Crippen LogP contribution in [0.3, 0.4) is 0 Å². The molecule has 1 saturated carbocycles. The monoisotopic (exact) mass is 267 g/mol. The number of hydrogen-bond acceptors (Lipinski definition) is 3. The summed E-state index contributed by atoms with van der Waals surface area (Å²) < 4.78 is 0. The maximum atomic E-state index is 11.8. The van der Waals surface area contributed by atoms with Crippen LogP contribution in [0.5, 0.6) is 0 Å². The molecule has 1 heterocycles. The highest BCUT2D eigenvalue weighted by molar-refractivity contribution is 7.07. The van der Waals surface area contributed by atoms with Gasteiger partial charge in [0.15, 0.2) is 0 Å². The Morgan fingerprint density at radius 1 is 1.39 bits per heavy atom. The fourth-order valence-electron chi connectivity index (χ4n) is 2.48. The average molecular weight is 267 g/mol. The van der Waals surface area contributed by atoms with E-state index in [1.54, 1.807) is 11.3 Å². The molecule has 0 saturated heterocycles. The van der Waals surface area contributed by atoms with E-state index < -0.39 is 11.4 Å². The molecule has 0 spiro atoms. The van der Waals surface area contributed by atoms with E-state index in [9.17, 15) is 14.7 Å². The number of carboxylic acids is 1. The summed E-state index contributed by atoms with van der Waals surface area (Å²) in [5.41, 5.74) is 0.239. The second-order valence-corrected chi connectivity index (χ2v) is 5.66. The summed E-state index contributed by atoms with van der Waals surface area (Å²) >= 11 is 1.58. The molecule has 2 N–H and O–H groups in total. The number of thiophene rings is 1. The zero-order valence-corrected chi connectivity index (χ0v) is 11.0. The first-order valence-electron chi connectivity index (χ1n) is 6.14. The fourth-order valence-corrected chi connectivity index (χ4v) is 3.15. The molecule has 4 nitrogen and oxygen atoms in total. The topological polar surface area (TPSA) is 66.4 Å². The summed E-state index contributed by atoms with van der Waals surface area (Å²) in [4.78, 5) is 23.1. The zero-order valence-electron chi connectivity index (χ0n) is 10.1. The maximum absolute atomic E-state index is 11.8. The Kier molecular flexibility index (Phi) is 4.01. The van der Waals surface area contributed by atoms with Crippen LogP contribution in [-0.4, -0.2) is 17.0 Å². The summed E-state index contributed by atoms with van der Waals surface area (Å²) in [6, 6.07) is 1.95. The second-order valence-electron chi connectivity index (χ2n) is 4.88. The molecule has 1 aliphatic rings. The molecule has 98 valence electrons. The Labute approximate surface area is 110 Å². The van der Waals surface area contributed by atoms with Crippen LogP contribution in [0.1, 0.15) is 37.7 Å². The van der Waals surface area contributed by atoms with Gasteiger partial charge in [-0.25, -0.2) is 0 Å². The van der Waals surface area contributed by atoms with Crippen LogP contribution in [0.25, 0.3) is 0 Å². The van der Waals surface area contributed by atoms with Crippen LogP contribution in [0.2, 0.25) is 0 Å². The smallest absolute Gasteiger partial charge is 0.310 e. The van der Waals surface area contributed by atoms with Crippen molar-refractivity contribution in [3.05, 3.63) is 22.4 Å². The molecular formula is C13H17NO3S. The van der Waals surface area contributed by atoms with Crippen LogP contribution in [0.15, 0.2) is 16.8 Å². The highest BCUT2D eigenvalue weighted by atomic mass is 32.1. The van der Waals surface area contributed by atoms with Gasteiger partial charge in [-0.3, -0.25) is 9.59 Å². The van der Waals surface area contributed by atoms with Gasteiger partial charge >= 0.3 is 5.97 Å². The molecule has 0 radical (unpaired) electrons. The molecule has 18 heavy (non-hydrogen) atoms. The fraction of sp³-hybridized carbons (Fsp3) is 0.538. The largest absolute Gasteiger partial charge is 0.481 e. The van der Waals surface area contributed by atoms with Crippen molar-refractivity contribution in [2.24, 2.45) is 5.41 Å². The molecule has 5 heteroatoms. The minimum absolute atomic E-state index is 0.104. The number of hydrogen-bond donors (Lipinski definition) is 2. The lowest BCUT2D eigenvalue weighted by Gasteiger charge is -2.22. The third-order valence-corrected chi connectivity index (χ3v) is 4.32. The van der Waals surface area contributed by atoms with E-state index in [4.69, 9.17) is 0 Å². The van der Waals surface area contributed by atoms with Crippen molar-refractivity contribution < 1.29 is 14.7 Å². The Morgan fingerprint density at radius 2 is 2.11 bits per heavy atom. The van der Waals surface area contributed by atoms with E-state index in [1.165, 1.54) is 0 Å². The first-order valence-corrected chi connectivity index (χ1v) is 7.08. The standard InChI is InChI=1S/C13H17NO3S/c15-11(14-8-10-3-6-18-9-10)7-13(12(16)17)4-1-2-5-13/h3,6,9H,1-2,4-5,7-8H2,(H,14,15)(H,16,17). The van der Waals surface area contributed by atoms with Gasteiger partial charge in [0.2, 0.25) is 5.91 Å². The lowest BCUT2D eigenvalue weighted by Crippen LogP contribution is -2.35. The second kappa shape index (κ2) is 5.52. The molecule has 2 rings (SSSR count). The van der Waals surface area contributed by atoms with Crippen molar-refractivity contribution in [1.29, 1.82) is 0 Å². The van der Waals surface area contributed by atoms with Crippen LogP contribution in [0, 0.1) is 5.41 Å². The maximum Gasteiger partial charge on any atom is 0.310 e. The summed E-state index contributed by atoms with van der Waals surface area (Å²) in [6.07, 6.45) is 3.16. The molecule has 0 aliphatic heterocycles. The summed E-state index contributed by atoms with van der Waals surface area (Å²) in [5.74, 6) is -0.990. The highest BCUT2D eigenvalue weighted by Crippen LogP contribution is 2.41. The predicted molar refractivity (Wildman–Crippen MR) is 69.3 cm³/mol. The quantitative estimate of drug-likeness (QED) is 0.861. The van der Waals surface area contributed by atoms with Crippen LogP contribution in [-0.2, 0) is 16.1 Å². The van der Waals surface area contributed by atoms with Crippen molar-refractivity contribution in [2.75, 3.05) is 0 Å². The Balaban J connectivity index is 1.88. The zero-order chi connectivity index (χ0) is 13.0. The third-order valence-electron chi connectivity index (χ3n) is 3.58. The minimum atomic E-state index is -0.828. The lowest BCUT2D eigenvalue weighted by atomic mass is 9.82. The molecule has 1 amide bonds. The number of carbonyl (C=O) groups excluding carboxylic acids is 1. The molecule has 1 aromatic heterocycles. The molecular weight excluding hydrogens is 250 g/mol. The minimum Gasteiger partial charge on any atom is -0.481 e. The van der Waals surface area contributed by atoms with E-state index in [1.807, 2.05) is 16.8 Å². The van der Waals surface area contributed by atoms with Crippen molar-refractivity contribution in [3.63, 3.8) is 0 Å². The molecule has 1 aromatic rings. The summed E-state index contributed by atoms with van der Waals surface area (Å²) in [5, 5.41) is 16.0. The van der Waals surface area contributed by atoms with Gasteiger partial charge in [0.05, 0.1) is 5.41 Å². The SMILES string of the molecule is O=C(CC1(C(=O)O)CCCC1)NCc1ccsc1. The van der Waals surface area contributed by atoms with Gasteiger partial charge < -0.3 is 10.4 Å². The van der Waals surface area contributed by atoms with Crippen molar-refractivity contribution in [3.8, 4) is 0 Å². The molecule has 0 aromatic carbocycles. The van der Waals surface area contributed by atoms with E-state index in [-0.39, 0.29) is 12.3 Å². The van der Waals surface area contributed by atoms with E-state index in [0.717, 1.165) is 18.4 Å². The van der Waals surface area contributed by atoms with Crippen LogP contribution >= 0.6 is 11.3 Å². The summed E-state index contributed by atoms with van der Waals surface area (Å²) in [7, 11) is 0. The van der Waals surface area contributed by atoms with Crippen LogP contribution < -0.4 is 5.32 Å². The van der Waals surface area contributed by atoms with Gasteiger partial charge in [0.25, 0.3) is 0 Å². The number of nitrogens with one attached hydrogen (secondary N) is 1. The van der Waals surface area contributed by atoms with Gasteiger partial charge in [-0.2, -0.15) is 11.3 Å². The van der Waals surface area contributed by atoms with Crippen molar-refractivity contribution in [1.82, 2.24) is 5.32 Å². The van der Waals surface area contributed by atoms with Gasteiger partial charge in [-0.15, -0.1) is 0 Å². The first kappa shape index (κ1) is 13.1. The van der Waals surface area contributed by atoms with E-state index >= 15 is 0 Å². The molecule has 1 aliphatic carbocycles. The van der Waals surface area contributed by atoms with E-state index in [0.29, 0.717) is 19.4 Å². The predicted octanol–water partition coefficient (Wildman–Crippen LogP) is 2.40. The average Bonchev–Trinajstić information content (AvgIpc) is 2.97. The molecule has 1 fully saturated rings. The van der Waals surface area contributed by atoms with E-state index in [2.05, 4.69) is 5.32 Å². The summed E-state index contributed by atoms with van der Waals surface area (Å²) in [6.45, 7) is 0.484. The third kappa shape index (κ3) is 2.90. The number of amides is 1.